The molecule has 2 fully saturated rings. The van der Waals surface area contributed by atoms with Crippen molar-refractivity contribution in [2.75, 3.05) is 32.5 Å². The van der Waals surface area contributed by atoms with Gasteiger partial charge < -0.3 is 4.74 Å². The van der Waals surface area contributed by atoms with E-state index in [1.165, 1.54) is 11.1 Å². The SMILES string of the molecule is CS(=O)(=O)NC[C@@H]1CO[C@H]2CN(Cc3cccs3)C[C@@H]12. The molecule has 3 rings (SSSR count). The Bertz CT molecular complexity index is 544. The van der Waals surface area contributed by atoms with Crippen molar-refractivity contribution in [3.63, 3.8) is 0 Å². The molecule has 20 heavy (non-hydrogen) atoms. The van der Waals surface area contributed by atoms with Gasteiger partial charge in [-0.3, -0.25) is 4.90 Å². The van der Waals surface area contributed by atoms with Gasteiger partial charge >= 0.3 is 0 Å². The van der Waals surface area contributed by atoms with E-state index in [9.17, 15) is 8.42 Å². The second kappa shape index (κ2) is 5.73. The summed E-state index contributed by atoms with van der Waals surface area (Å²) in [5.74, 6) is 0.743. The minimum Gasteiger partial charge on any atom is -0.376 e. The number of hydrogen-bond acceptors (Lipinski definition) is 5. The van der Waals surface area contributed by atoms with Gasteiger partial charge in [0.2, 0.25) is 10.0 Å². The highest BCUT2D eigenvalue weighted by Gasteiger charge is 2.43. The number of fused-ring (bicyclic) bond motifs is 1. The third-order valence-corrected chi connectivity index (χ3v) is 5.63. The summed E-state index contributed by atoms with van der Waals surface area (Å²) in [6.07, 6.45) is 1.47. The first-order valence-electron chi connectivity index (χ1n) is 6.82. The Labute approximate surface area is 124 Å². The molecular weight excluding hydrogens is 296 g/mol. The molecule has 0 saturated carbocycles. The summed E-state index contributed by atoms with van der Waals surface area (Å²) in [4.78, 5) is 3.78. The first-order chi connectivity index (χ1) is 9.51. The fourth-order valence-corrected chi connectivity index (χ4v) is 4.36. The molecule has 0 radical (unpaired) electrons. The van der Waals surface area contributed by atoms with Crippen LogP contribution in [0.25, 0.3) is 0 Å². The fraction of sp³-hybridized carbons (Fsp3) is 0.692. The zero-order valence-corrected chi connectivity index (χ0v) is 13.1. The largest absolute Gasteiger partial charge is 0.376 e. The molecule has 1 aromatic rings. The molecule has 3 heterocycles. The molecule has 0 amide bonds. The highest BCUT2D eigenvalue weighted by Crippen LogP contribution is 2.34. The number of nitrogens with one attached hydrogen (secondary N) is 1. The molecule has 2 aliphatic heterocycles. The van der Waals surface area contributed by atoms with Gasteiger partial charge in [-0.2, -0.15) is 0 Å². The summed E-state index contributed by atoms with van der Waals surface area (Å²) >= 11 is 1.78. The van der Waals surface area contributed by atoms with Gasteiger partial charge in [-0.05, 0) is 11.4 Å². The average molecular weight is 316 g/mol. The lowest BCUT2D eigenvalue weighted by Crippen LogP contribution is -2.33. The molecule has 0 bridgehead atoms. The number of sulfonamides is 1. The van der Waals surface area contributed by atoms with Crippen molar-refractivity contribution in [3.05, 3.63) is 22.4 Å². The molecule has 1 N–H and O–H groups in total. The normalized spacial score (nSPS) is 30.8. The zero-order valence-electron chi connectivity index (χ0n) is 11.5. The van der Waals surface area contributed by atoms with Crippen LogP contribution in [-0.2, 0) is 21.3 Å². The van der Waals surface area contributed by atoms with Crippen LogP contribution in [0.2, 0.25) is 0 Å². The molecule has 7 heteroatoms. The Balaban J connectivity index is 1.55. The van der Waals surface area contributed by atoms with Crippen LogP contribution in [0.15, 0.2) is 17.5 Å². The van der Waals surface area contributed by atoms with Crippen molar-refractivity contribution < 1.29 is 13.2 Å². The molecule has 112 valence electrons. The number of nitrogens with zero attached hydrogens (tertiary/aromatic N) is 1. The Morgan fingerprint density at radius 3 is 3.05 bits per heavy atom. The van der Waals surface area contributed by atoms with Gasteiger partial charge in [-0.15, -0.1) is 11.3 Å². The predicted octanol–water partition coefficient (Wildman–Crippen LogP) is 0.744. The molecule has 2 saturated heterocycles. The predicted molar refractivity (Wildman–Crippen MR) is 79.2 cm³/mol. The van der Waals surface area contributed by atoms with Gasteiger partial charge in [0.05, 0.1) is 19.0 Å². The average Bonchev–Trinajstić information content (AvgIpc) is 3.03. The molecule has 0 aromatic carbocycles. The standard InChI is InChI=1S/C13H20N2O3S2/c1-20(16,17)14-5-10-9-18-13-8-15(7-12(10)13)6-11-3-2-4-19-11/h2-4,10,12-14H,5-9H2,1H3/t10-,12+,13+/m1/s1. The van der Waals surface area contributed by atoms with Crippen molar-refractivity contribution in [2.24, 2.45) is 11.8 Å². The zero-order chi connectivity index (χ0) is 14.2. The lowest BCUT2D eigenvalue weighted by molar-refractivity contribution is 0.0944. The Kier molecular flexibility index (Phi) is 4.14. The number of rotatable bonds is 5. The molecule has 0 unspecified atom stereocenters. The summed E-state index contributed by atoms with van der Waals surface area (Å²) in [5, 5.41) is 2.10. The van der Waals surface area contributed by atoms with Crippen LogP contribution >= 0.6 is 11.3 Å². The molecule has 2 aliphatic rings. The third-order valence-electron chi connectivity index (χ3n) is 4.08. The van der Waals surface area contributed by atoms with Crippen molar-refractivity contribution in [1.29, 1.82) is 0 Å². The lowest BCUT2D eigenvalue weighted by atomic mass is 9.93. The first-order valence-corrected chi connectivity index (χ1v) is 9.59. The first kappa shape index (κ1) is 14.5. The van der Waals surface area contributed by atoms with E-state index >= 15 is 0 Å². The van der Waals surface area contributed by atoms with E-state index in [2.05, 4.69) is 27.1 Å². The van der Waals surface area contributed by atoms with Crippen molar-refractivity contribution in [3.8, 4) is 0 Å². The number of ether oxygens (including phenoxy) is 1. The number of thiophene rings is 1. The van der Waals surface area contributed by atoms with Crippen LogP contribution in [0.1, 0.15) is 4.88 Å². The van der Waals surface area contributed by atoms with Gasteiger partial charge in [0.1, 0.15) is 0 Å². The maximum atomic E-state index is 11.2. The van der Waals surface area contributed by atoms with E-state index in [1.54, 1.807) is 11.3 Å². The summed E-state index contributed by atoms with van der Waals surface area (Å²) in [6, 6.07) is 4.23. The summed E-state index contributed by atoms with van der Waals surface area (Å²) in [7, 11) is -3.11. The van der Waals surface area contributed by atoms with Crippen LogP contribution in [0, 0.1) is 11.8 Å². The maximum Gasteiger partial charge on any atom is 0.208 e. The quantitative estimate of drug-likeness (QED) is 0.871. The van der Waals surface area contributed by atoms with E-state index in [-0.39, 0.29) is 6.10 Å². The van der Waals surface area contributed by atoms with Crippen LogP contribution in [0.5, 0.6) is 0 Å². The van der Waals surface area contributed by atoms with E-state index < -0.39 is 10.0 Å². The van der Waals surface area contributed by atoms with Gasteiger partial charge in [-0.25, -0.2) is 13.1 Å². The fourth-order valence-electron chi connectivity index (χ4n) is 3.10. The van der Waals surface area contributed by atoms with E-state index in [1.807, 2.05) is 0 Å². The molecular formula is C13H20N2O3S2. The number of hydrogen-bond donors (Lipinski definition) is 1. The molecule has 1 aromatic heterocycles. The van der Waals surface area contributed by atoms with E-state index in [0.29, 0.717) is 25.0 Å². The highest BCUT2D eigenvalue weighted by molar-refractivity contribution is 7.88. The van der Waals surface area contributed by atoms with Crippen molar-refractivity contribution >= 4 is 21.4 Å². The maximum absolute atomic E-state index is 11.2. The second-order valence-corrected chi connectivity index (χ2v) is 8.56. The summed E-state index contributed by atoms with van der Waals surface area (Å²) in [6.45, 7) is 4.09. The molecule has 5 nitrogen and oxygen atoms in total. The summed E-state index contributed by atoms with van der Waals surface area (Å²) in [5.41, 5.74) is 0. The van der Waals surface area contributed by atoms with Gasteiger partial charge in [0, 0.05) is 42.9 Å². The van der Waals surface area contributed by atoms with Gasteiger partial charge in [0.15, 0.2) is 0 Å². The highest BCUT2D eigenvalue weighted by atomic mass is 32.2. The Morgan fingerprint density at radius 2 is 2.35 bits per heavy atom. The second-order valence-electron chi connectivity index (χ2n) is 5.69. The van der Waals surface area contributed by atoms with Crippen molar-refractivity contribution in [2.45, 2.75) is 12.6 Å². The van der Waals surface area contributed by atoms with E-state index in [4.69, 9.17) is 4.74 Å². The number of likely N-dealkylation sites (tertiary alicyclic amines) is 1. The smallest absolute Gasteiger partial charge is 0.208 e. The van der Waals surface area contributed by atoms with Gasteiger partial charge in [-0.1, -0.05) is 6.07 Å². The topological polar surface area (TPSA) is 58.6 Å². The molecule has 0 spiro atoms. The third kappa shape index (κ3) is 3.40. The van der Waals surface area contributed by atoms with Gasteiger partial charge in [0.25, 0.3) is 0 Å². The molecule has 0 aliphatic carbocycles. The minimum absolute atomic E-state index is 0.265. The lowest BCUT2D eigenvalue weighted by Gasteiger charge is -2.19. The van der Waals surface area contributed by atoms with E-state index in [0.717, 1.165) is 19.6 Å². The minimum atomic E-state index is -3.11. The van der Waals surface area contributed by atoms with Crippen LogP contribution in [-0.4, -0.2) is 51.9 Å². The van der Waals surface area contributed by atoms with Crippen LogP contribution in [0.3, 0.4) is 0 Å². The summed E-state index contributed by atoms with van der Waals surface area (Å²) < 4.78 is 30.8. The van der Waals surface area contributed by atoms with Crippen LogP contribution in [0.4, 0.5) is 0 Å². The Hall–Kier alpha value is -0.470. The van der Waals surface area contributed by atoms with Crippen LogP contribution < -0.4 is 4.72 Å². The van der Waals surface area contributed by atoms with Crippen molar-refractivity contribution in [1.82, 2.24) is 9.62 Å². The monoisotopic (exact) mass is 316 g/mol. The Morgan fingerprint density at radius 1 is 1.50 bits per heavy atom. The molecule has 3 atom stereocenters.